The Labute approximate surface area is 190 Å². The van der Waals surface area contributed by atoms with E-state index in [4.69, 9.17) is 4.74 Å². The second-order valence-corrected chi connectivity index (χ2v) is 10.6. The van der Waals surface area contributed by atoms with Gasteiger partial charge in [0.05, 0.1) is 0 Å². The Hall–Kier alpha value is -2.77. The fraction of sp³-hybridized carbons (Fsp3) is 0.625. The van der Waals surface area contributed by atoms with Gasteiger partial charge in [-0.15, -0.1) is 0 Å². The summed E-state index contributed by atoms with van der Waals surface area (Å²) in [5, 5.41) is 16.2. The summed E-state index contributed by atoms with van der Waals surface area (Å²) in [4.78, 5) is 40.3. The SMILES string of the molecule is Cc1cccc(C(C(=O)NC(C)(C)C)N(C(=O)CNC(=O)OC(C)(C)C)C2CC2C)c1O. The molecular formula is C24H37N3O5. The van der Waals surface area contributed by atoms with Crippen molar-refractivity contribution in [2.45, 2.75) is 85.0 Å². The molecule has 1 fully saturated rings. The molecule has 1 aliphatic rings. The number of nitrogens with one attached hydrogen (secondary N) is 2. The minimum absolute atomic E-state index is 0.0206. The highest BCUT2D eigenvalue weighted by atomic mass is 16.6. The third-order valence-corrected chi connectivity index (χ3v) is 5.08. The Morgan fingerprint density at radius 1 is 1.19 bits per heavy atom. The molecule has 3 N–H and O–H groups in total. The third kappa shape index (κ3) is 6.87. The third-order valence-electron chi connectivity index (χ3n) is 5.08. The highest BCUT2D eigenvalue weighted by molar-refractivity contribution is 5.91. The van der Waals surface area contributed by atoms with Crippen molar-refractivity contribution in [1.82, 2.24) is 15.5 Å². The molecular weight excluding hydrogens is 410 g/mol. The van der Waals surface area contributed by atoms with Gasteiger partial charge in [0.15, 0.2) is 0 Å². The van der Waals surface area contributed by atoms with Gasteiger partial charge < -0.3 is 25.4 Å². The van der Waals surface area contributed by atoms with Crippen LogP contribution in [-0.4, -0.2) is 51.6 Å². The molecule has 3 amide bonds. The maximum atomic E-state index is 13.4. The molecule has 8 heteroatoms. The largest absolute Gasteiger partial charge is 0.507 e. The molecule has 0 spiro atoms. The quantitative estimate of drug-likeness (QED) is 0.619. The maximum absolute atomic E-state index is 13.4. The summed E-state index contributed by atoms with van der Waals surface area (Å²) in [5.74, 6) is -0.617. The van der Waals surface area contributed by atoms with E-state index in [0.717, 1.165) is 6.42 Å². The maximum Gasteiger partial charge on any atom is 0.408 e. The molecule has 0 saturated heterocycles. The van der Waals surface area contributed by atoms with Crippen molar-refractivity contribution in [3.8, 4) is 5.75 Å². The van der Waals surface area contributed by atoms with Crippen LogP contribution in [0.3, 0.4) is 0 Å². The molecule has 0 aromatic heterocycles. The lowest BCUT2D eigenvalue weighted by Crippen LogP contribution is -2.52. The van der Waals surface area contributed by atoms with E-state index >= 15 is 0 Å². The number of rotatable bonds is 6. The summed E-state index contributed by atoms with van der Waals surface area (Å²) in [5.41, 5.74) is -0.260. The van der Waals surface area contributed by atoms with Crippen LogP contribution in [0.2, 0.25) is 0 Å². The number of alkyl carbamates (subject to hydrolysis) is 1. The standard InChI is InChI=1S/C24H37N3O5/c1-14-10-9-11-16(20(14)29)19(21(30)26-23(3,4)5)27(17-12-15(17)2)18(28)13-25-22(31)32-24(6,7)8/h9-11,15,17,19,29H,12-13H2,1-8H3,(H,25,31)(H,26,30). The number of carbonyl (C=O) groups excluding carboxylic acids is 3. The van der Waals surface area contributed by atoms with Gasteiger partial charge in [0, 0.05) is 17.1 Å². The molecule has 1 aromatic carbocycles. The van der Waals surface area contributed by atoms with Crippen LogP contribution in [0.5, 0.6) is 5.75 Å². The van der Waals surface area contributed by atoms with E-state index in [0.29, 0.717) is 11.1 Å². The predicted octanol–water partition coefficient (Wildman–Crippen LogP) is 3.42. The summed E-state index contributed by atoms with van der Waals surface area (Å²) in [6.07, 6.45) is 0.0353. The molecule has 0 aliphatic heterocycles. The van der Waals surface area contributed by atoms with Crippen molar-refractivity contribution in [2.24, 2.45) is 5.92 Å². The number of hydrogen-bond donors (Lipinski definition) is 3. The Morgan fingerprint density at radius 3 is 2.28 bits per heavy atom. The molecule has 3 unspecified atom stereocenters. The van der Waals surface area contributed by atoms with Crippen molar-refractivity contribution in [3.63, 3.8) is 0 Å². The van der Waals surface area contributed by atoms with Crippen LogP contribution in [0.25, 0.3) is 0 Å². The lowest BCUT2D eigenvalue weighted by Gasteiger charge is -2.34. The lowest BCUT2D eigenvalue weighted by atomic mass is 9.98. The average Bonchev–Trinajstić information content (AvgIpc) is 3.33. The molecule has 3 atom stereocenters. The van der Waals surface area contributed by atoms with Crippen LogP contribution >= 0.6 is 0 Å². The van der Waals surface area contributed by atoms with Gasteiger partial charge in [-0.1, -0.05) is 25.1 Å². The van der Waals surface area contributed by atoms with Crippen LogP contribution in [-0.2, 0) is 14.3 Å². The zero-order valence-corrected chi connectivity index (χ0v) is 20.4. The number of ether oxygens (including phenoxy) is 1. The van der Waals surface area contributed by atoms with Crippen molar-refractivity contribution in [3.05, 3.63) is 29.3 Å². The minimum atomic E-state index is -1.03. The minimum Gasteiger partial charge on any atom is -0.507 e. The first-order chi connectivity index (χ1) is 14.6. The van der Waals surface area contributed by atoms with Gasteiger partial charge in [-0.3, -0.25) is 9.59 Å². The number of carbonyl (C=O) groups is 3. The van der Waals surface area contributed by atoms with E-state index in [2.05, 4.69) is 10.6 Å². The predicted molar refractivity (Wildman–Crippen MR) is 122 cm³/mol. The van der Waals surface area contributed by atoms with Gasteiger partial charge in [-0.25, -0.2) is 4.79 Å². The van der Waals surface area contributed by atoms with E-state index in [9.17, 15) is 19.5 Å². The molecule has 2 rings (SSSR count). The molecule has 1 aliphatic carbocycles. The molecule has 0 heterocycles. The van der Waals surface area contributed by atoms with Crippen LogP contribution in [0.4, 0.5) is 4.79 Å². The van der Waals surface area contributed by atoms with Crippen molar-refractivity contribution >= 4 is 17.9 Å². The van der Waals surface area contributed by atoms with E-state index in [1.165, 1.54) is 4.90 Å². The molecule has 0 radical (unpaired) electrons. The number of phenols is 1. The fourth-order valence-corrected chi connectivity index (χ4v) is 3.52. The number of aromatic hydroxyl groups is 1. The van der Waals surface area contributed by atoms with Gasteiger partial charge in [0.1, 0.15) is 23.9 Å². The number of para-hydroxylation sites is 1. The highest BCUT2D eigenvalue weighted by Crippen LogP contribution is 2.42. The normalized spacial score (nSPS) is 19.0. The second kappa shape index (κ2) is 9.38. The van der Waals surface area contributed by atoms with Gasteiger partial charge in [-0.2, -0.15) is 0 Å². The number of nitrogens with zero attached hydrogens (tertiary/aromatic N) is 1. The van der Waals surface area contributed by atoms with Crippen molar-refractivity contribution in [2.75, 3.05) is 6.54 Å². The van der Waals surface area contributed by atoms with Gasteiger partial charge >= 0.3 is 6.09 Å². The molecule has 0 bridgehead atoms. The van der Waals surface area contributed by atoms with E-state index in [1.807, 2.05) is 27.7 Å². The monoisotopic (exact) mass is 447 g/mol. The number of phenolic OH excluding ortho intramolecular Hbond substituents is 1. The van der Waals surface area contributed by atoms with Gasteiger partial charge in [0.2, 0.25) is 11.8 Å². The van der Waals surface area contributed by atoms with Crippen LogP contribution in [0, 0.1) is 12.8 Å². The van der Waals surface area contributed by atoms with Crippen LogP contribution in [0.1, 0.15) is 72.1 Å². The Morgan fingerprint density at radius 2 is 1.78 bits per heavy atom. The van der Waals surface area contributed by atoms with Gasteiger partial charge in [0.25, 0.3) is 0 Å². The Balaban J connectivity index is 2.39. The van der Waals surface area contributed by atoms with Gasteiger partial charge in [-0.05, 0) is 66.4 Å². The first-order valence-corrected chi connectivity index (χ1v) is 11.0. The molecule has 178 valence electrons. The topological polar surface area (TPSA) is 108 Å². The highest BCUT2D eigenvalue weighted by Gasteiger charge is 2.47. The first kappa shape index (κ1) is 25.5. The average molecular weight is 448 g/mol. The molecule has 1 aromatic rings. The van der Waals surface area contributed by atoms with E-state index in [-0.39, 0.29) is 30.2 Å². The summed E-state index contributed by atoms with van der Waals surface area (Å²) >= 11 is 0. The smallest absolute Gasteiger partial charge is 0.408 e. The zero-order valence-electron chi connectivity index (χ0n) is 20.4. The number of amides is 3. The summed E-state index contributed by atoms with van der Waals surface area (Å²) in [7, 11) is 0. The van der Waals surface area contributed by atoms with Crippen molar-refractivity contribution in [1.29, 1.82) is 0 Å². The summed E-state index contributed by atoms with van der Waals surface area (Å²) < 4.78 is 5.22. The lowest BCUT2D eigenvalue weighted by molar-refractivity contribution is -0.141. The van der Waals surface area contributed by atoms with E-state index < -0.39 is 29.2 Å². The zero-order chi connectivity index (χ0) is 24.4. The van der Waals surface area contributed by atoms with E-state index in [1.54, 1.807) is 45.9 Å². The summed E-state index contributed by atoms with van der Waals surface area (Å²) in [6, 6.07) is 3.95. The molecule has 8 nitrogen and oxygen atoms in total. The second-order valence-electron chi connectivity index (χ2n) is 10.6. The Bertz CT molecular complexity index is 869. The Kier molecular flexibility index (Phi) is 7.47. The summed E-state index contributed by atoms with van der Waals surface area (Å²) in [6.45, 7) is 14.2. The number of benzene rings is 1. The number of hydrogen-bond acceptors (Lipinski definition) is 5. The van der Waals surface area contributed by atoms with Crippen molar-refractivity contribution < 1.29 is 24.2 Å². The van der Waals surface area contributed by atoms with Crippen LogP contribution in [0.15, 0.2) is 18.2 Å². The fourth-order valence-electron chi connectivity index (χ4n) is 3.52. The first-order valence-electron chi connectivity index (χ1n) is 11.0. The number of aryl methyl sites for hydroxylation is 1. The van der Waals surface area contributed by atoms with Crippen LogP contribution < -0.4 is 10.6 Å². The molecule has 32 heavy (non-hydrogen) atoms. The molecule has 1 saturated carbocycles.